The summed E-state index contributed by atoms with van der Waals surface area (Å²) in [6, 6.07) is 127. The smallest absolute Gasteiger partial charge is 0.155 e. The summed E-state index contributed by atoms with van der Waals surface area (Å²) in [7, 11) is 0. The summed E-state index contributed by atoms with van der Waals surface area (Å²) in [6.07, 6.45) is 0. The van der Waals surface area contributed by atoms with E-state index in [0.717, 1.165) is 53.9 Å². The number of hydrogen-bond acceptors (Lipinski definition) is 8. The molecule has 0 atom stereocenters. The molecule has 21 rings (SSSR count). The molecule has 21 aromatic rings. The molecule has 5 nitrogen and oxygen atoms in total. The van der Waals surface area contributed by atoms with E-state index in [-0.39, 0.29) is 17.8 Å². The second kappa shape index (κ2) is 31.3. The fourth-order valence-corrected chi connectivity index (χ4v) is 19.6. The molecule has 0 aliphatic rings. The Balaban J connectivity index is 0.000000118. The van der Waals surface area contributed by atoms with Gasteiger partial charge in [0.15, 0.2) is 5.58 Å². The molecule has 0 aliphatic heterocycles. The third-order valence-electron chi connectivity index (χ3n) is 20.7. The van der Waals surface area contributed by atoms with Crippen LogP contribution < -0.4 is 14.7 Å². The summed E-state index contributed by atoms with van der Waals surface area (Å²) >= 11 is 12.9. The van der Waals surface area contributed by atoms with Gasteiger partial charge in [-0.3, -0.25) is 0 Å². The predicted octanol–water partition coefficient (Wildman–Crippen LogP) is 32.8. The minimum Gasteiger partial charge on any atom is -0.455 e. The average Bonchev–Trinajstić information content (AvgIpc) is 1.64. The van der Waals surface area contributed by atoms with Crippen molar-refractivity contribution in [2.24, 2.45) is 0 Å². The van der Waals surface area contributed by atoms with Crippen molar-refractivity contribution in [1.29, 1.82) is 5.26 Å². The van der Waals surface area contributed by atoms with Crippen molar-refractivity contribution in [2.45, 2.75) is 6.92 Å². The summed E-state index contributed by atoms with van der Waals surface area (Å²) < 4.78 is 58.4. The van der Waals surface area contributed by atoms with Crippen LogP contribution in [0.25, 0.3) is 127 Å². The van der Waals surface area contributed by atoms with Gasteiger partial charge >= 0.3 is 0 Å². The molecule has 4 heterocycles. The van der Waals surface area contributed by atoms with Gasteiger partial charge in [0.05, 0.1) is 23.5 Å². The maximum atomic E-state index is 9.92. The van der Waals surface area contributed by atoms with E-state index in [4.69, 9.17) is 11.3 Å². The molecule has 0 saturated heterocycles. The van der Waals surface area contributed by atoms with Crippen LogP contribution in [0.3, 0.4) is 0 Å². The number of para-hydroxylation sites is 6. The number of furan rings is 1. The van der Waals surface area contributed by atoms with Gasteiger partial charge in [0.25, 0.3) is 0 Å². The highest BCUT2D eigenvalue weighted by Crippen LogP contribution is 2.49. The second-order valence-corrected chi connectivity index (χ2v) is 32.8. The Labute approximate surface area is 696 Å². The predicted molar refractivity (Wildman–Crippen MR) is 496 cm³/mol. The zero-order valence-electron chi connectivity index (χ0n) is 66.3. The number of anilines is 9. The van der Waals surface area contributed by atoms with Crippen LogP contribution in [0.15, 0.2) is 408 Å². The lowest BCUT2D eigenvalue weighted by atomic mass is 9.98. The summed E-state index contributed by atoms with van der Waals surface area (Å²) in [5, 5.41) is 19.1. The highest BCUT2D eigenvalue weighted by molar-refractivity contribution is 9.10. The van der Waals surface area contributed by atoms with E-state index in [2.05, 4.69) is 334 Å². The normalized spacial score (nSPS) is 11.9. The Morgan fingerprint density at radius 1 is 0.316 bits per heavy atom. The van der Waals surface area contributed by atoms with Crippen LogP contribution in [-0.4, -0.2) is 0 Å². The first-order valence-electron chi connectivity index (χ1n) is 39.8. The summed E-state index contributed by atoms with van der Waals surface area (Å²) in [4.78, 5) is 6.30. The molecule has 0 fully saturated rings. The van der Waals surface area contributed by atoms with Crippen molar-refractivity contribution in [3.63, 3.8) is 0 Å². The van der Waals surface area contributed by atoms with E-state index in [0.29, 0.717) is 33.5 Å². The first-order valence-corrected chi connectivity index (χ1v) is 41.4. The molecule has 0 saturated carbocycles. The van der Waals surface area contributed by atoms with Crippen molar-refractivity contribution in [3.05, 3.63) is 414 Å². The van der Waals surface area contributed by atoms with Gasteiger partial charge in [-0.05, 0) is 222 Å². The molecule has 0 aliphatic carbocycles. The molecule has 0 spiro atoms. The van der Waals surface area contributed by atoms with Gasteiger partial charge in [-0.15, -0.1) is 34.0 Å². The number of benzene rings is 17. The monoisotopic (exact) mass is 1650 g/mol. The molecule has 0 N–H and O–H groups in total. The number of fused-ring (bicyclic) bond motifs is 12. The molecule has 17 aromatic carbocycles. The summed E-state index contributed by atoms with van der Waals surface area (Å²) in [5.74, 6) is 0. The molecule has 4 aromatic heterocycles. The zero-order chi connectivity index (χ0) is 80.9. The van der Waals surface area contributed by atoms with Crippen LogP contribution in [0.4, 0.5) is 51.2 Å². The molecule has 0 bridgehead atoms. The quantitative estimate of drug-likeness (QED) is 0.115. The number of nitriles is 1. The van der Waals surface area contributed by atoms with E-state index in [1.54, 1.807) is 29.2 Å². The Hall–Kier alpha value is -13.0. The molecule has 0 amide bonds. The molecule has 10 heteroatoms. The van der Waals surface area contributed by atoms with Crippen molar-refractivity contribution < 1.29 is 11.3 Å². The molecular formula is C104H68Br2N4OS3. The van der Waals surface area contributed by atoms with Crippen molar-refractivity contribution >= 4 is 200 Å². The Morgan fingerprint density at radius 3 is 1.33 bits per heavy atom. The number of rotatable bonds is 13. The Kier molecular flexibility index (Phi) is 18.1. The zero-order valence-corrected chi connectivity index (χ0v) is 66.9. The number of nitrogens with zero attached hydrogens (tertiary/aromatic N) is 4. The van der Waals surface area contributed by atoms with E-state index in [1.807, 2.05) is 94.7 Å². The Bertz CT molecular complexity index is 7380. The molecule has 0 unspecified atom stereocenters. The minimum atomic E-state index is -0.468. The lowest BCUT2D eigenvalue weighted by Gasteiger charge is -2.26. The van der Waals surface area contributed by atoms with Crippen LogP contribution in [-0.2, 0) is 0 Å². The van der Waals surface area contributed by atoms with Crippen LogP contribution >= 0.6 is 65.9 Å². The van der Waals surface area contributed by atoms with Gasteiger partial charge in [0.2, 0.25) is 0 Å². The Morgan fingerprint density at radius 2 is 0.772 bits per heavy atom. The molecule has 114 heavy (non-hydrogen) atoms. The SMILES string of the molecule is Brc1cc(-c2ccc3sc4cc(N(c5ccccc5)c5ccccc5)ccc4c3c2)c2sc3ccccc3c2c1.Cc1ccc(-c2ccc(-c3ccc4sc5cc(N(c6ccccc6)c6ccccc6)ccc5c4c3)cc2)cc1.[2H]c1c([2H])c([2H])c(N(c2ccccc2)c2ccc(C#N)c3oc4ccc(-c5cccc(Br)c5)cc4c23)c([2H])c1[2H]. The fraction of sp³-hybridized carbons (Fsp3) is 0.00962. The number of hydrogen-bond donors (Lipinski definition) is 0. The second-order valence-electron chi connectivity index (χ2n) is 27.8. The van der Waals surface area contributed by atoms with Gasteiger partial charge in [-0.2, -0.15) is 5.26 Å². The van der Waals surface area contributed by atoms with Gasteiger partial charge in [-0.25, -0.2) is 0 Å². The third kappa shape index (κ3) is 14.1. The topological polar surface area (TPSA) is 46.6 Å². The fourth-order valence-electron chi connectivity index (χ4n) is 15.3. The highest BCUT2D eigenvalue weighted by Gasteiger charge is 2.24. The number of halogens is 2. The minimum absolute atomic E-state index is 0.000650. The standard InChI is InChI=1S/C37H27NS.C36H22BrNS2.C31H19BrN2O/c1-26-12-14-27(15-13-26)28-16-18-29(19-17-28)30-20-23-36-35(24-30)34-22-21-33(25-37(34)39-36)38(31-8-4-2-5-9-31)32-10-6-3-7-11-32;37-24-20-30(36-32(21-24)28-13-7-8-14-33(28)40-36)23-15-18-34-31(19-23)29-17-16-27(22-35(29)39-34)38(25-9-3-1-4-10-25)26-11-5-2-6-12-26;32-24-9-7-8-21(18-24)22-15-17-29-27(19-22)30-28(16-14-23(20-33)31(30)35-29)34(25-10-3-1-4-11-25)26-12-5-2-6-13-26/h2-25H,1H3;1-22H;1-19H/i;;1D,3D,4D,10D,11D. The van der Waals surface area contributed by atoms with Gasteiger partial charge in [0, 0.05) is 126 Å². The largest absolute Gasteiger partial charge is 0.455 e. The third-order valence-corrected chi connectivity index (χ3v) is 25.1. The lowest BCUT2D eigenvalue weighted by molar-refractivity contribution is 0.667. The van der Waals surface area contributed by atoms with E-state index in [9.17, 15) is 5.26 Å². The molecular weight excluding hydrogens is 1580 g/mol. The molecule has 542 valence electrons. The first-order chi connectivity index (χ1) is 58.2. The maximum absolute atomic E-state index is 9.92. The number of aryl methyl sites for hydroxylation is 1. The van der Waals surface area contributed by atoms with Crippen molar-refractivity contribution in [3.8, 4) is 50.6 Å². The van der Waals surface area contributed by atoms with Gasteiger partial charge in [0.1, 0.15) is 11.7 Å². The van der Waals surface area contributed by atoms with Crippen molar-refractivity contribution in [2.75, 3.05) is 14.7 Å². The van der Waals surface area contributed by atoms with Crippen LogP contribution in [0.2, 0.25) is 0 Å². The average molecular weight is 1650 g/mol. The molecule has 0 radical (unpaired) electrons. The summed E-state index contributed by atoms with van der Waals surface area (Å²) in [6.45, 7) is 2.13. The van der Waals surface area contributed by atoms with Gasteiger partial charge < -0.3 is 19.1 Å². The first kappa shape index (κ1) is 65.7. The van der Waals surface area contributed by atoms with Crippen LogP contribution in [0, 0.1) is 18.3 Å². The number of thiophene rings is 3. The summed E-state index contributed by atoms with van der Waals surface area (Å²) in [5.41, 5.74) is 20.0. The highest BCUT2D eigenvalue weighted by atomic mass is 79.9. The van der Waals surface area contributed by atoms with E-state index >= 15 is 0 Å². The maximum Gasteiger partial charge on any atom is 0.155 e. The van der Waals surface area contributed by atoms with Crippen LogP contribution in [0.1, 0.15) is 18.0 Å². The van der Waals surface area contributed by atoms with E-state index in [1.165, 1.54) is 105 Å². The van der Waals surface area contributed by atoms with Crippen molar-refractivity contribution in [1.82, 2.24) is 0 Å². The lowest BCUT2D eigenvalue weighted by Crippen LogP contribution is -2.10. The van der Waals surface area contributed by atoms with Crippen LogP contribution in [0.5, 0.6) is 0 Å². The van der Waals surface area contributed by atoms with Gasteiger partial charge in [-0.1, -0.05) is 256 Å². The van der Waals surface area contributed by atoms with E-state index < -0.39 is 18.1 Å².